The van der Waals surface area contributed by atoms with Crippen molar-refractivity contribution in [1.29, 1.82) is 0 Å². The summed E-state index contributed by atoms with van der Waals surface area (Å²) in [6.07, 6.45) is 0.602. The minimum Gasteiger partial charge on any atom is -0.357 e. The van der Waals surface area contributed by atoms with Crippen molar-refractivity contribution >= 4 is 35.0 Å². The molecule has 0 aliphatic heterocycles. The number of aryl methyl sites for hydroxylation is 2. The van der Waals surface area contributed by atoms with Gasteiger partial charge >= 0.3 is 0 Å². The molecule has 0 radical (unpaired) electrons. The molecule has 0 aliphatic carbocycles. The highest BCUT2D eigenvalue weighted by atomic mass is 35.5. The molecule has 0 bridgehead atoms. The molecule has 172 valence electrons. The molecule has 0 saturated carbocycles. The van der Waals surface area contributed by atoms with Crippen LogP contribution in [0.3, 0.4) is 0 Å². The second kappa shape index (κ2) is 11.4. The normalized spacial score (nSPS) is 11.7. The van der Waals surface area contributed by atoms with Crippen LogP contribution in [0.2, 0.25) is 10.0 Å². The van der Waals surface area contributed by atoms with Gasteiger partial charge in [0, 0.05) is 20.0 Å². The van der Waals surface area contributed by atoms with Crippen molar-refractivity contribution in [3.63, 3.8) is 0 Å². The molecule has 1 atom stereocenters. The van der Waals surface area contributed by atoms with E-state index in [0.29, 0.717) is 16.5 Å². The third kappa shape index (κ3) is 6.59. The largest absolute Gasteiger partial charge is 0.357 e. The Labute approximate surface area is 205 Å². The number of benzene rings is 3. The lowest BCUT2D eigenvalue weighted by atomic mass is 10.0. The molecule has 33 heavy (non-hydrogen) atoms. The molecule has 0 spiro atoms. The van der Waals surface area contributed by atoms with Crippen LogP contribution in [0, 0.1) is 13.8 Å². The van der Waals surface area contributed by atoms with Gasteiger partial charge in [0.1, 0.15) is 6.04 Å². The monoisotopic (exact) mass is 482 g/mol. The van der Waals surface area contributed by atoms with E-state index in [1.807, 2.05) is 68.4 Å². The number of likely N-dealkylation sites (N-methyl/N-ethyl adjacent to an activating group) is 1. The van der Waals surface area contributed by atoms with Gasteiger partial charge in [0.05, 0.1) is 16.5 Å². The van der Waals surface area contributed by atoms with E-state index in [4.69, 9.17) is 23.2 Å². The van der Waals surface area contributed by atoms with Crippen molar-refractivity contribution in [3.05, 3.63) is 105 Å². The second-order valence-corrected chi connectivity index (χ2v) is 9.00. The Kier molecular flexibility index (Phi) is 8.54. The van der Waals surface area contributed by atoms with Crippen molar-refractivity contribution in [3.8, 4) is 0 Å². The molecule has 0 aliphatic rings. The van der Waals surface area contributed by atoms with Gasteiger partial charge in [0.15, 0.2) is 0 Å². The standard InChI is InChI=1S/C27H28Cl2N2O2/c1-18-9-10-21(13-19(18)2)16-26(32)31(17-22-11-12-23(28)24(29)14-22)25(27(33)30-3)15-20-7-5-4-6-8-20/h4-14,25H,15-17H2,1-3H3,(H,30,33). The highest BCUT2D eigenvalue weighted by Gasteiger charge is 2.30. The topological polar surface area (TPSA) is 49.4 Å². The first kappa shape index (κ1) is 24.8. The molecule has 0 heterocycles. The van der Waals surface area contributed by atoms with Crippen molar-refractivity contribution in [2.75, 3.05) is 7.05 Å². The number of hydrogen-bond acceptors (Lipinski definition) is 2. The van der Waals surface area contributed by atoms with Gasteiger partial charge < -0.3 is 10.2 Å². The summed E-state index contributed by atoms with van der Waals surface area (Å²) in [5.41, 5.74) is 5.00. The lowest BCUT2D eigenvalue weighted by Crippen LogP contribution is -2.50. The maximum atomic E-state index is 13.6. The number of carbonyl (C=O) groups is 2. The lowest BCUT2D eigenvalue weighted by Gasteiger charge is -2.31. The van der Waals surface area contributed by atoms with E-state index in [9.17, 15) is 9.59 Å². The summed E-state index contributed by atoms with van der Waals surface area (Å²) >= 11 is 12.3. The lowest BCUT2D eigenvalue weighted by molar-refractivity contribution is -0.140. The van der Waals surface area contributed by atoms with Crippen molar-refractivity contribution in [2.24, 2.45) is 0 Å². The summed E-state index contributed by atoms with van der Waals surface area (Å²) in [5.74, 6) is -0.346. The molecule has 4 nitrogen and oxygen atoms in total. The number of halogens is 2. The van der Waals surface area contributed by atoms with Crippen LogP contribution in [0.15, 0.2) is 66.7 Å². The Morgan fingerprint density at radius 1 is 0.848 bits per heavy atom. The quantitative estimate of drug-likeness (QED) is 0.458. The molecule has 3 aromatic rings. The minimum absolute atomic E-state index is 0.131. The first-order valence-electron chi connectivity index (χ1n) is 10.8. The number of amides is 2. The highest BCUT2D eigenvalue weighted by Crippen LogP contribution is 2.25. The molecule has 6 heteroatoms. The van der Waals surface area contributed by atoms with Crippen LogP contribution in [-0.4, -0.2) is 29.8 Å². The van der Waals surface area contributed by atoms with E-state index in [0.717, 1.165) is 22.3 Å². The summed E-state index contributed by atoms with van der Waals surface area (Å²) in [5, 5.41) is 3.58. The Bertz CT molecular complexity index is 1130. The fraction of sp³-hybridized carbons (Fsp3) is 0.259. The average Bonchev–Trinajstić information content (AvgIpc) is 2.81. The van der Waals surface area contributed by atoms with Crippen molar-refractivity contribution in [2.45, 2.75) is 39.3 Å². The first-order chi connectivity index (χ1) is 15.8. The van der Waals surface area contributed by atoms with Crippen LogP contribution in [0.1, 0.15) is 27.8 Å². The maximum Gasteiger partial charge on any atom is 0.242 e. The van der Waals surface area contributed by atoms with Crippen molar-refractivity contribution < 1.29 is 9.59 Å². The molecule has 0 saturated heterocycles. The molecule has 3 rings (SSSR count). The molecule has 1 unspecified atom stereocenters. The first-order valence-corrected chi connectivity index (χ1v) is 11.6. The van der Waals surface area contributed by atoms with Gasteiger partial charge in [-0.2, -0.15) is 0 Å². The zero-order valence-corrected chi connectivity index (χ0v) is 20.6. The van der Waals surface area contributed by atoms with E-state index in [-0.39, 0.29) is 24.8 Å². The third-order valence-electron chi connectivity index (χ3n) is 5.78. The Morgan fingerprint density at radius 2 is 1.55 bits per heavy atom. The van der Waals surface area contributed by atoms with Gasteiger partial charge in [-0.05, 0) is 53.8 Å². The third-order valence-corrected chi connectivity index (χ3v) is 6.52. The summed E-state index contributed by atoms with van der Waals surface area (Å²) in [6.45, 7) is 4.31. The summed E-state index contributed by atoms with van der Waals surface area (Å²) < 4.78 is 0. The van der Waals surface area contributed by atoms with E-state index < -0.39 is 6.04 Å². The Morgan fingerprint density at radius 3 is 2.18 bits per heavy atom. The molecule has 3 aromatic carbocycles. The maximum absolute atomic E-state index is 13.6. The van der Waals surface area contributed by atoms with E-state index in [2.05, 4.69) is 5.32 Å². The van der Waals surface area contributed by atoms with Gasteiger partial charge in [-0.1, -0.05) is 77.8 Å². The molecular formula is C27H28Cl2N2O2. The minimum atomic E-state index is -0.675. The number of hydrogen-bond donors (Lipinski definition) is 1. The van der Waals surface area contributed by atoms with Crippen LogP contribution in [-0.2, 0) is 29.0 Å². The highest BCUT2D eigenvalue weighted by molar-refractivity contribution is 6.42. The SMILES string of the molecule is CNC(=O)C(Cc1ccccc1)N(Cc1ccc(Cl)c(Cl)c1)C(=O)Cc1ccc(C)c(C)c1. The predicted octanol–water partition coefficient (Wildman–Crippen LogP) is 5.54. The summed E-state index contributed by atoms with van der Waals surface area (Å²) in [7, 11) is 1.59. The van der Waals surface area contributed by atoms with Crippen LogP contribution in [0.5, 0.6) is 0 Å². The number of rotatable bonds is 8. The van der Waals surface area contributed by atoms with Gasteiger partial charge in [-0.15, -0.1) is 0 Å². The van der Waals surface area contributed by atoms with Gasteiger partial charge in [-0.3, -0.25) is 9.59 Å². The molecular weight excluding hydrogens is 455 g/mol. The zero-order valence-electron chi connectivity index (χ0n) is 19.1. The summed E-state index contributed by atoms with van der Waals surface area (Å²) in [4.78, 5) is 28.2. The molecule has 0 fully saturated rings. The predicted molar refractivity (Wildman–Crippen MR) is 135 cm³/mol. The summed E-state index contributed by atoms with van der Waals surface area (Å²) in [6, 6.07) is 20.3. The van der Waals surface area contributed by atoms with E-state index in [1.54, 1.807) is 24.1 Å². The Balaban J connectivity index is 1.96. The fourth-order valence-electron chi connectivity index (χ4n) is 3.74. The van der Waals surface area contributed by atoms with Crippen LogP contribution in [0.25, 0.3) is 0 Å². The number of carbonyl (C=O) groups excluding carboxylic acids is 2. The van der Waals surface area contributed by atoms with Crippen LogP contribution < -0.4 is 5.32 Å². The number of nitrogens with one attached hydrogen (secondary N) is 1. The van der Waals surface area contributed by atoms with E-state index >= 15 is 0 Å². The van der Waals surface area contributed by atoms with Gasteiger partial charge in [0.2, 0.25) is 11.8 Å². The van der Waals surface area contributed by atoms with Crippen LogP contribution in [0.4, 0.5) is 0 Å². The smallest absolute Gasteiger partial charge is 0.242 e. The molecule has 1 N–H and O–H groups in total. The van der Waals surface area contributed by atoms with Gasteiger partial charge in [0.25, 0.3) is 0 Å². The van der Waals surface area contributed by atoms with Gasteiger partial charge in [-0.25, -0.2) is 0 Å². The van der Waals surface area contributed by atoms with E-state index in [1.165, 1.54) is 5.56 Å². The second-order valence-electron chi connectivity index (χ2n) is 8.19. The fourth-order valence-corrected chi connectivity index (χ4v) is 4.07. The Hall–Kier alpha value is -2.82. The van der Waals surface area contributed by atoms with Crippen molar-refractivity contribution in [1.82, 2.24) is 10.2 Å². The molecule has 0 aromatic heterocycles. The zero-order chi connectivity index (χ0) is 24.0. The molecule has 2 amide bonds. The average molecular weight is 483 g/mol. The van der Waals surface area contributed by atoms with Crippen LogP contribution >= 0.6 is 23.2 Å². The number of nitrogens with zero attached hydrogens (tertiary/aromatic N) is 1.